The van der Waals surface area contributed by atoms with Crippen LogP contribution in [-0.2, 0) is 0 Å². The largest absolute Gasteiger partial charge is 0.274 e. The zero-order chi connectivity index (χ0) is 11.7. The third kappa shape index (κ3) is 1.64. The van der Waals surface area contributed by atoms with Crippen LogP contribution in [0.3, 0.4) is 0 Å². The van der Waals surface area contributed by atoms with E-state index in [0.29, 0.717) is 4.80 Å². The minimum absolute atomic E-state index is 0.135. The molecule has 1 heterocycles. The fraction of sp³-hybridized carbons (Fsp3) is 0.182. The monoisotopic (exact) mass is 231 g/mol. The molecule has 0 atom stereocenters. The fourth-order valence-corrected chi connectivity index (χ4v) is 2.66. The molecule has 2 aromatic rings. The molecule has 4 nitrogen and oxygen atoms in total. The summed E-state index contributed by atoms with van der Waals surface area (Å²) < 4.78 is 2.42. The van der Waals surface area contributed by atoms with Gasteiger partial charge in [0.1, 0.15) is 0 Å². The summed E-state index contributed by atoms with van der Waals surface area (Å²) in [5.41, 5.74) is 1.92. The van der Waals surface area contributed by atoms with Crippen molar-refractivity contribution in [2.24, 2.45) is 4.99 Å². The van der Waals surface area contributed by atoms with Gasteiger partial charge in [-0.3, -0.25) is 9.36 Å². The molecule has 0 bridgehead atoms. The van der Waals surface area contributed by atoms with E-state index in [1.54, 1.807) is 6.19 Å². The molecule has 0 N–H and O–H groups in total. The molecule has 2 rings (SSSR count). The number of aryl methyl sites for hydroxylation is 1. The Balaban J connectivity index is 2.93. The van der Waals surface area contributed by atoms with E-state index < -0.39 is 0 Å². The van der Waals surface area contributed by atoms with Gasteiger partial charge in [-0.1, -0.05) is 17.4 Å². The summed E-state index contributed by atoms with van der Waals surface area (Å²) in [6, 6.07) is 5.79. The predicted molar refractivity (Wildman–Crippen MR) is 62.0 cm³/mol. The van der Waals surface area contributed by atoms with E-state index >= 15 is 0 Å². The first kappa shape index (κ1) is 10.6. The van der Waals surface area contributed by atoms with Crippen molar-refractivity contribution in [3.63, 3.8) is 0 Å². The maximum absolute atomic E-state index is 11.5. The summed E-state index contributed by atoms with van der Waals surface area (Å²) in [6.07, 6.45) is 1.72. The molecule has 16 heavy (non-hydrogen) atoms. The molecule has 5 heteroatoms. The Kier molecular flexibility index (Phi) is 2.59. The molecule has 0 radical (unpaired) electrons. The number of hydrogen-bond acceptors (Lipinski definition) is 4. The highest BCUT2D eigenvalue weighted by Crippen LogP contribution is 2.18. The molecule has 1 aromatic heterocycles. The van der Waals surface area contributed by atoms with Gasteiger partial charge >= 0.3 is 0 Å². The van der Waals surface area contributed by atoms with Gasteiger partial charge in [0, 0.05) is 6.92 Å². The van der Waals surface area contributed by atoms with Crippen LogP contribution in [0, 0.1) is 18.4 Å². The van der Waals surface area contributed by atoms with Crippen LogP contribution in [0.4, 0.5) is 0 Å². The van der Waals surface area contributed by atoms with E-state index in [4.69, 9.17) is 5.26 Å². The number of carbonyl (C=O) groups excluding carboxylic acids is 1. The Morgan fingerprint density at radius 2 is 2.31 bits per heavy atom. The zero-order valence-corrected chi connectivity index (χ0v) is 9.71. The summed E-state index contributed by atoms with van der Waals surface area (Å²) in [4.78, 5) is 15.6. The number of fused-ring (bicyclic) bond motifs is 1. The van der Waals surface area contributed by atoms with Crippen LogP contribution >= 0.6 is 11.3 Å². The van der Waals surface area contributed by atoms with Crippen molar-refractivity contribution < 1.29 is 4.79 Å². The van der Waals surface area contributed by atoms with Gasteiger partial charge in [-0.05, 0) is 24.6 Å². The molecular formula is C11H9N3OS. The SMILES string of the molecule is CC(=O)n1c(=NC#N)sc2cc(C)ccc21. The molecule has 0 aliphatic carbocycles. The summed E-state index contributed by atoms with van der Waals surface area (Å²) in [7, 11) is 0. The van der Waals surface area contributed by atoms with E-state index in [1.165, 1.54) is 22.8 Å². The highest BCUT2D eigenvalue weighted by atomic mass is 32.1. The second kappa shape index (κ2) is 3.91. The van der Waals surface area contributed by atoms with E-state index in [9.17, 15) is 4.79 Å². The van der Waals surface area contributed by atoms with Gasteiger partial charge in [-0.2, -0.15) is 5.26 Å². The number of thiazole rings is 1. The maximum Gasteiger partial charge on any atom is 0.230 e. The van der Waals surface area contributed by atoms with Crippen molar-refractivity contribution in [2.75, 3.05) is 0 Å². The second-order valence-corrected chi connectivity index (χ2v) is 4.43. The van der Waals surface area contributed by atoms with Crippen molar-refractivity contribution in [1.82, 2.24) is 4.57 Å². The lowest BCUT2D eigenvalue weighted by molar-refractivity contribution is 0.0938. The minimum atomic E-state index is -0.135. The average Bonchev–Trinajstić information content (AvgIpc) is 2.55. The van der Waals surface area contributed by atoms with Crippen LogP contribution in [0.15, 0.2) is 23.2 Å². The lowest BCUT2D eigenvalue weighted by Crippen LogP contribution is -2.19. The first-order chi connectivity index (χ1) is 7.63. The first-order valence-electron chi connectivity index (χ1n) is 4.69. The number of carbonyl (C=O) groups is 1. The number of rotatable bonds is 0. The molecule has 0 amide bonds. The van der Waals surface area contributed by atoms with Crippen molar-refractivity contribution in [2.45, 2.75) is 13.8 Å². The van der Waals surface area contributed by atoms with Crippen LogP contribution in [-0.4, -0.2) is 10.5 Å². The smallest absolute Gasteiger partial charge is 0.230 e. The zero-order valence-electron chi connectivity index (χ0n) is 8.89. The molecule has 0 spiro atoms. The summed E-state index contributed by atoms with van der Waals surface area (Å²) in [6.45, 7) is 3.45. The summed E-state index contributed by atoms with van der Waals surface area (Å²) in [5.74, 6) is -0.135. The van der Waals surface area contributed by atoms with Gasteiger partial charge in [-0.25, -0.2) is 0 Å². The third-order valence-electron chi connectivity index (χ3n) is 2.21. The van der Waals surface area contributed by atoms with Crippen molar-refractivity contribution in [1.29, 1.82) is 5.26 Å². The van der Waals surface area contributed by atoms with Crippen LogP contribution in [0.25, 0.3) is 10.2 Å². The molecule has 0 unspecified atom stereocenters. The van der Waals surface area contributed by atoms with Gasteiger partial charge in [0.2, 0.25) is 16.9 Å². The Bertz CT molecular complexity index is 673. The van der Waals surface area contributed by atoms with Crippen LogP contribution < -0.4 is 4.80 Å². The number of nitrogens with zero attached hydrogens (tertiary/aromatic N) is 3. The minimum Gasteiger partial charge on any atom is -0.274 e. The Hall–Kier alpha value is -1.93. The number of hydrogen-bond donors (Lipinski definition) is 0. The summed E-state index contributed by atoms with van der Waals surface area (Å²) in [5, 5.41) is 8.57. The average molecular weight is 231 g/mol. The number of aromatic nitrogens is 1. The maximum atomic E-state index is 11.5. The molecule has 1 aromatic carbocycles. The molecule has 80 valence electrons. The summed E-state index contributed by atoms with van der Waals surface area (Å²) >= 11 is 1.34. The molecule has 0 aliphatic rings. The Labute approximate surface area is 96.1 Å². The lowest BCUT2D eigenvalue weighted by atomic mass is 10.2. The lowest BCUT2D eigenvalue weighted by Gasteiger charge is -1.98. The Morgan fingerprint density at radius 3 is 2.94 bits per heavy atom. The normalized spacial score (nSPS) is 11.7. The first-order valence-corrected chi connectivity index (χ1v) is 5.51. The molecule has 0 saturated heterocycles. The highest BCUT2D eigenvalue weighted by molar-refractivity contribution is 7.16. The van der Waals surface area contributed by atoms with E-state index in [-0.39, 0.29) is 5.91 Å². The van der Waals surface area contributed by atoms with Gasteiger partial charge in [0.25, 0.3) is 0 Å². The molecule has 0 fully saturated rings. The number of benzene rings is 1. The van der Waals surface area contributed by atoms with E-state index in [2.05, 4.69) is 4.99 Å². The van der Waals surface area contributed by atoms with Gasteiger partial charge < -0.3 is 0 Å². The van der Waals surface area contributed by atoms with Gasteiger partial charge in [-0.15, -0.1) is 4.99 Å². The Morgan fingerprint density at radius 1 is 1.56 bits per heavy atom. The molecular weight excluding hydrogens is 222 g/mol. The quantitative estimate of drug-likeness (QED) is 0.651. The molecule has 0 saturated carbocycles. The van der Waals surface area contributed by atoms with Crippen LogP contribution in [0.5, 0.6) is 0 Å². The van der Waals surface area contributed by atoms with E-state index in [1.807, 2.05) is 25.1 Å². The topological polar surface area (TPSA) is 58.1 Å². The third-order valence-corrected chi connectivity index (χ3v) is 3.21. The predicted octanol–water partition coefficient (Wildman–Crippen LogP) is 2.05. The number of nitriles is 1. The van der Waals surface area contributed by atoms with Crippen molar-refractivity contribution >= 4 is 27.5 Å². The van der Waals surface area contributed by atoms with E-state index in [0.717, 1.165) is 15.8 Å². The second-order valence-electron chi connectivity index (χ2n) is 3.42. The van der Waals surface area contributed by atoms with Crippen molar-refractivity contribution in [3.8, 4) is 6.19 Å². The standard InChI is InChI=1S/C11H9N3OS/c1-7-3-4-9-10(5-7)16-11(13-6-12)14(9)8(2)15/h3-5H,1-2H3. The van der Waals surface area contributed by atoms with Crippen LogP contribution in [0.2, 0.25) is 0 Å². The molecule has 0 aliphatic heterocycles. The van der Waals surface area contributed by atoms with Crippen molar-refractivity contribution in [3.05, 3.63) is 28.6 Å². The highest BCUT2D eigenvalue weighted by Gasteiger charge is 2.09. The fourth-order valence-electron chi connectivity index (χ4n) is 1.55. The van der Waals surface area contributed by atoms with Gasteiger partial charge in [0.15, 0.2) is 0 Å². The van der Waals surface area contributed by atoms with Crippen LogP contribution in [0.1, 0.15) is 17.3 Å². The van der Waals surface area contributed by atoms with Gasteiger partial charge in [0.05, 0.1) is 10.2 Å².